The first kappa shape index (κ1) is 22.7. The summed E-state index contributed by atoms with van der Waals surface area (Å²) in [5, 5.41) is 9.42. The molecule has 2 unspecified atom stereocenters. The molecule has 0 radical (unpaired) electrons. The Bertz CT molecular complexity index is 1290. The minimum Gasteiger partial charge on any atom is -0.508 e. The van der Waals surface area contributed by atoms with Gasteiger partial charge in [0, 0.05) is 43.1 Å². The minimum absolute atomic E-state index is 0.0597. The molecule has 0 saturated carbocycles. The molecule has 3 aromatic carbocycles. The minimum atomic E-state index is -3.66. The Morgan fingerprint density at radius 2 is 1.41 bits per heavy atom. The fourth-order valence-corrected chi connectivity index (χ4v) is 6.30. The average molecular weight is 498 g/mol. The van der Waals surface area contributed by atoms with E-state index in [1.165, 1.54) is 21.3 Å². The largest absolute Gasteiger partial charge is 0.508 e. The number of benzene rings is 3. The maximum absolute atomic E-state index is 13.2. The number of hydrogen-bond donors (Lipinski definition) is 1. The lowest BCUT2D eigenvalue weighted by molar-refractivity contribution is -0.123. The van der Waals surface area contributed by atoms with Gasteiger partial charge < -0.3 is 14.9 Å². The van der Waals surface area contributed by atoms with Gasteiger partial charge >= 0.3 is 0 Å². The molecular formula is C25H24ClN3O4S. The standard InChI is InChI=1S/C25H24ClN3O4S/c26-23-24(21-8-4-5-9-22(21)30)29(25(23)31)19-10-12-20(13-11-19)34(32,33)28-16-14-27(15-17-28)18-6-2-1-3-7-18/h1-13,23-24,30H,14-17H2. The smallest absolute Gasteiger partial charge is 0.248 e. The van der Waals surface area contributed by atoms with Crippen LogP contribution in [-0.2, 0) is 14.8 Å². The molecule has 3 aromatic rings. The number of carbonyl (C=O) groups excluding carboxylic acids is 1. The van der Waals surface area contributed by atoms with Crippen LogP contribution in [0.1, 0.15) is 11.6 Å². The van der Waals surface area contributed by atoms with Gasteiger partial charge in [-0.05, 0) is 42.5 Å². The van der Waals surface area contributed by atoms with Crippen molar-refractivity contribution in [2.75, 3.05) is 36.0 Å². The highest BCUT2D eigenvalue weighted by Crippen LogP contribution is 2.44. The maximum atomic E-state index is 13.2. The molecule has 7 nitrogen and oxygen atoms in total. The van der Waals surface area contributed by atoms with Gasteiger partial charge in [0.15, 0.2) is 0 Å². The van der Waals surface area contributed by atoms with Crippen molar-refractivity contribution in [3.63, 3.8) is 0 Å². The van der Waals surface area contributed by atoms with E-state index in [2.05, 4.69) is 4.90 Å². The number of aromatic hydroxyl groups is 1. The molecule has 5 rings (SSSR count). The summed E-state index contributed by atoms with van der Waals surface area (Å²) in [5.41, 5.74) is 2.16. The number of para-hydroxylation sites is 2. The molecular weight excluding hydrogens is 474 g/mol. The van der Waals surface area contributed by atoms with E-state index in [1.54, 1.807) is 36.4 Å². The van der Waals surface area contributed by atoms with Crippen LogP contribution >= 0.6 is 11.6 Å². The fraction of sp³-hybridized carbons (Fsp3) is 0.240. The molecule has 1 amide bonds. The number of phenolic OH excluding ortho intramolecular Hbond substituents is 1. The number of amides is 1. The van der Waals surface area contributed by atoms with Crippen molar-refractivity contribution in [3.05, 3.63) is 84.4 Å². The first-order chi connectivity index (χ1) is 16.4. The van der Waals surface area contributed by atoms with E-state index >= 15 is 0 Å². The van der Waals surface area contributed by atoms with Gasteiger partial charge in [0.1, 0.15) is 11.1 Å². The van der Waals surface area contributed by atoms with E-state index in [0.29, 0.717) is 37.4 Å². The average Bonchev–Trinajstić information content (AvgIpc) is 2.88. The van der Waals surface area contributed by atoms with Crippen molar-refractivity contribution >= 4 is 38.9 Å². The summed E-state index contributed by atoms with van der Waals surface area (Å²) in [6, 6.07) is 22.4. The van der Waals surface area contributed by atoms with Crippen molar-refractivity contribution in [1.82, 2.24) is 4.31 Å². The molecule has 9 heteroatoms. The van der Waals surface area contributed by atoms with Gasteiger partial charge in [0.25, 0.3) is 0 Å². The molecule has 34 heavy (non-hydrogen) atoms. The van der Waals surface area contributed by atoms with Gasteiger partial charge in [-0.25, -0.2) is 8.42 Å². The van der Waals surface area contributed by atoms with Crippen LogP contribution < -0.4 is 9.80 Å². The van der Waals surface area contributed by atoms with Crippen LogP contribution in [0, 0.1) is 0 Å². The molecule has 2 aliphatic rings. The molecule has 1 N–H and O–H groups in total. The summed E-state index contributed by atoms with van der Waals surface area (Å²) in [6.07, 6.45) is 0. The summed E-state index contributed by atoms with van der Waals surface area (Å²) in [6.45, 7) is 2.02. The summed E-state index contributed by atoms with van der Waals surface area (Å²) in [7, 11) is -3.66. The second kappa shape index (κ2) is 8.94. The number of alkyl halides is 1. The number of piperazine rings is 1. The second-order valence-corrected chi connectivity index (χ2v) is 10.7. The van der Waals surface area contributed by atoms with Crippen LogP contribution in [-0.4, -0.2) is 55.3 Å². The van der Waals surface area contributed by atoms with Gasteiger partial charge in [0.05, 0.1) is 10.9 Å². The number of rotatable bonds is 5. The zero-order valence-electron chi connectivity index (χ0n) is 18.3. The summed E-state index contributed by atoms with van der Waals surface area (Å²) < 4.78 is 27.9. The van der Waals surface area contributed by atoms with E-state index in [1.807, 2.05) is 30.3 Å². The Morgan fingerprint density at radius 3 is 2.06 bits per heavy atom. The van der Waals surface area contributed by atoms with Crippen molar-refractivity contribution in [2.45, 2.75) is 16.3 Å². The lowest BCUT2D eigenvalue weighted by atomic mass is 9.91. The van der Waals surface area contributed by atoms with Crippen molar-refractivity contribution in [2.24, 2.45) is 0 Å². The normalized spacial score (nSPS) is 21.4. The number of hydrogen-bond acceptors (Lipinski definition) is 5. The number of sulfonamides is 1. The zero-order chi connectivity index (χ0) is 23.9. The van der Waals surface area contributed by atoms with Crippen LogP contribution in [0.4, 0.5) is 11.4 Å². The molecule has 0 spiro atoms. The first-order valence-electron chi connectivity index (χ1n) is 11.0. The van der Waals surface area contributed by atoms with Crippen molar-refractivity contribution in [3.8, 4) is 5.75 Å². The van der Waals surface area contributed by atoms with Crippen LogP contribution in [0.5, 0.6) is 5.75 Å². The second-order valence-electron chi connectivity index (χ2n) is 8.33. The van der Waals surface area contributed by atoms with Crippen molar-refractivity contribution < 1.29 is 18.3 Å². The molecule has 2 fully saturated rings. The van der Waals surface area contributed by atoms with Gasteiger partial charge in [-0.2, -0.15) is 4.31 Å². The quantitative estimate of drug-likeness (QED) is 0.430. The Kier molecular flexibility index (Phi) is 5.97. The van der Waals surface area contributed by atoms with Gasteiger partial charge in [-0.15, -0.1) is 11.6 Å². The fourth-order valence-electron chi connectivity index (χ4n) is 4.53. The SMILES string of the molecule is O=C1C(Cl)C(c2ccccc2O)N1c1ccc(S(=O)(=O)N2CCN(c3ccccc3)CC2)cc1. The monoisotopic (exact) mass is 497 g/mol. The highest BCUT2D eigenvalue weighted by Gasteiger charge is 2.48. The Morgan fingerprint density at radius 1 is 0.794 bits per heavy atom. The third-order valence-corrected chi connectivity index (χ3v) is 8.73. The molecule has 0 aromatic heterocycles. The summed E-state index contributed by atoms with van der Waals surface area (Å²) >= 11 is 6.27. The van der Waals surface area contributed by atoms with E-state index < -0.39 is 21.4 Å². The molecule has 0 aliphatic carbocycles. The Balaban J connectivity index is 1.32. The summed E-state index contributed by atoms with van der Waals surface area (Å²) in [5.74, 6) is -0.230. The van der Waals surface area contributed by atoms with Gasteiger partial charge in [0.2, 0.25) is 15.9 Å². The van der Waals surface area contributed by atoms with Crippen LogP contribution in [0.3, 0.4) is 0 Å². The maximum Gasteiger partial charge on any atom is 0.248 e. The predicted molar refractivity (Wildman–Crippen MR) is 132 cm³/mol. The number of β-lactam (4-membered cyclic amide) rings is 1. The van der Waals surface area contributed by atoms with E-state index in [0.717, 1.165) is 5.69 Å². The number of nitrogens with zero attached hydrogens (tertiary/aromatic N) is 3. The lowest BCUT2D eigenvalue weighted by Gasteiger charge is -2.44. The molecule has 0 bridgehead atoms. The third kappa shape index (κ3) is 3.91. The molecule has 2 saturated heterocycles. The first-order valence-corrected chi connectivity index (χ1v) is 12.9. The topological polar surface area (TPSA) is 81.2 Å². The summed E-state index contributed by atoms with van der Waals surface area (Å²) in [4.78, 5) is 16.4. The third-order valence-electron chi connectivity index (χ3n) is 6.40. The van der Waals surface area contributed by atoms with Crippen LogP contribution in [0.25, 0.3) is 0 Å². The number of carbonyl (C=O) groups is 1. The van der Waals surface area contributed by atoms with Crippen molar-refractivity contribution in [1.29, 1.82) is 0 Å². The Hall–Kier alpha value is -3.07. The number of anilines is 2. The number of phenols is 1. The molecule has 176 valence electrons. The van der Waals surface area contributed by atoms with E-state index in [-0.39, 0.29) is 16.6 Å². The molecule has 2 aliphatic heterocycles. The van der Waals surface area contributed by atoms with E-state index in [9.17, 15) is 18.3 Å². The van der Waals surface area contributed by atoms with Crippen LogP contribution in [0.15, 0.2) is 83.8 Å². The predicted octanol–water partition coefficient (Wildman–Crippen LogP) is 3.60. The highest BCUT2D eigenvalue weighted by molar-refractivity contribution is 7.89. The lowest BCUT2D eigenvalue weighted by Crippen LogP contribution is -2.56. The van der Waals surface area contributed by atoms with E-state index in [4.69, 9.17) is 11.6 Å². The Labute approximate surface area is 203 Å². The van der Waals surface area contributed by atoms with Crippen LogP contribution in [0.2, 0.25) is 0 Å². The van der Waals surface area contributed by atoms with Gasteiger partial charge in [-0.3, -0.25) is 4.79 Å². The molecule has 2 atom stereocenters. The number of halogens is 1. The zero-order valence-corrected chi connectivity index (χ0v) is 19.9. The molecule has 2 heterocycles. The highest BCUT2D eigenvalue weighted by atomic mass is 35.5. The van der Waals surface area contributed by atoms with Gasteiger partial charge in [-0.1, -0.05) is 36.4 Å².